The van der Waals surface area contributed by atoms with E-state index in [9.17, 15) is 9.59 Å². The van der Waals surface area contributed by atoms with Crippen LogP contribution in [0, 0.1) is 0 Å². The van der Waals surface area contributed by atoms with Crippen molar-refractivity contribution in [3.05, 3.63) is 60.4 Å². The lowest BCUT2D eigenvalue weighted by Gasteiger charge is -2.17. The van der Waals surface area contributed by atoms with Crippen LogP contribution < -0.4 is 10.2 Å². The molecule has 1 aliphatic heterocycles. The van der Waals surface area contributed by atoms with Crippen molar-refractivity contribution in [3.8, 4) is 0 Å². The number of rotatable bonds is 3. The van der Waals surface area contributed by atoms with Gasteiger partial charge in [0.1, 0.15) is 0 Å². The van der Waals surface area contributed by atoms with Crippen molar-refractivity contribution in [2.24, 2.45) is 0 Å². The Bertz CT molecular complexity index is 643. The van der Waals surface area contributed by atoms with Crippen molar-refractivity contribution < 1.29 is 9.59 Å². The van der Waals surface area contributed by atoms with Crippen LogP contribution in [0.15, 0.2) is 54.9 Å². The molecule has 1 N–H and O–H groups in total. The average molecular weight is 281 g/mol. The predicted octanol–water partition coefficient (Wildman–Crippen LogP) is 1.62. The number of aromatic nitrogens is 1. The summed E-state index contributed by atoms with van der Waals surface area (Å²) in [5.41, 5.74) is 1.42. The number of pyridine rings is 1. The molecule has 1 fully saturated rings. The molecule has 1 aliphatic rings. The van der Waals surface area contributed by atoms with Gasteiger partial charge in [0, 0.05) is 36.6 Å². The molecule has 0 bridgehead atoms. The van der Waals surface area contributed by atoms with Crippen molar-refractivity contribution >= 4 is 17.5 Å². The number of anilines is 1. The topological polar surface area (TPSA) is 62.3 Å². The Morgan fingerprint density at radius 3 is 2.57 bits per heavy atom. The molecule has 1 aromatic heterocycles. The predicted molar refractivity (Wildman–Crippen MR) is 78.9 cm³/mol. The van der Waals surface area contributed by atoms with Crippen LogP contribution in [0.3, 0.4) is 0 Å². The lowest BCUT2D eigenvalue weighted by molar-refractivity contribution is -0.117. The van der Waals surface area contributed by atoms with Crippen LogP contribution in [-0.4, -0.2) is 29.4 Å². The summed E-state index contributed by atoms with van der Waals surface area (Å²) in [6, 6.07) is 12.6. The third kappa shape index (κ3) is 2.91. The highest BCUT2D eigenvalue weighted by atomic mass is 16.2. The Morgan fingerprint density at radius 2 is 1.86 bits per heavy atom. The van der Waals surface area contributed by atoms with Gasteiger partial charge in [0.2, 0.25) is 5.91 Å². The number of hydrogen-bond acceptors (Lipinski definition) is 3. The fraction of sp³-hybridized carbons (Fsp3) is 0.188. The van der Waals surface area contributed by atoms with E-state index in [1.165, 1.54) is 0 Å². The summed E-state index contributed by atoms with van der Waals surface area (Å²) in [7, 11) is 0. The molecule has 2 heterocycles. The Kier molecular flexibility index (Phi) is 3.64. The second-order valence-electron chi connectivity index (χ2n) is 4.95. The molecule has 21 heavy (non-hydrogen) atoms. The van der Waals surface area contributed by atoms with E-state index in [4.69, 9.17) is 0 Å². The Morgan fingerprint density at radius 1 is 1.14 bits per heavy atom. The van der Waals surface area contributed by atoms with Gasteiger partial charge in [0.15, 0.2) is 0 Å². The number of para-hydroxylation sites is 1. The molecule has 106 valence electrons. The van der Waals surface area contributed by atoms with E-state index in [2.05, 4.69) is 10.3 Å². The number of nitrogens with one attached hydrogen (secondary N) is 1. The molecule has 2 amide bonds. The number of nitrogens with zero attached hydrogens (tertiary/aromatic N) is 2. The maximum Gasteiger partial charge on any atom is 0.251 e. The van der Waals surface area contributed by atoms with Gasteiger partial charge < -0.3 is 10.2 Å². The minimum absolute atomic E-state index is 0.0289. The average Bonchev–Trinajstić information content (AvgIpc) is 2.89. The normalized spacial score (nSPS) is 17.8. The maximum absolute atomic E-state index is 12.1. The second-order valence-corrected chi connectivity index (χ2v) is 4.95. The molecule has 0 radical (unpaired) electrons. The fourth-order valence-corrected chi connectivity index (χ4v) is 2.43. The third-order valence-electron chi connectivity index (χ3n) is 3.47. The van der Waals surface area contributed by atoms with Crippen LogP contribution in [0.25, 0.3) is 0 Å². The second kappa shape index (κ2) is 5.75. The highest BCUT2D eigenvalue weighted by Gasteiger charge is 2.31. The van der Waals surface area contributed by atoms with E-state index in [1.807, 2.05) is 30.3 Å². The summed E-state index contributed by atoms with van der Waals surface area (Å²) in [5, 5.41) is 2.90. The molecule has 0 saturated carbocycles. The number of hydrogen-bond donors (Lipinski definition) is 1. The summed E-state index contributed by atoms with van der Waals surface area (Å²) >= 11 is 0. The van der Waals surface area contributed by atoms with Crippen LogP contribution in [-0.2, 0) is 4.79 Å². The van der Waals surface area contributed by atoms with Crippen LogP contribution >= 0.6 is 0 Å². The van der Waals surface area contributed by atoms with Crippen LogP contribution in [0.2, 0.25) is 0 Å². The number of amides is 2. The monoisotopic (exact) mass is 281 g/mol. The van der Waals surface area contributed by atoms with Crippen molar-refractivity contribution in [2.75, 3.05) is 11.4 Å². The molecule has 2 aromatic rings. The Labute approximate surface area is 122 Å². The first-order valence-corrected chi connectivity index (χ1v) is 6.80. The molecule has 5 nitrogen and oxygen atoms in total. The SMILES string of the molecule is O=C(NC1CC(=O)N(c2ccccc2)C1)c1ccncc1. The first-order valence-electron chi connectivity index (χ1n) is 6.80. The van der Waals surface area contributed by atoms with Gasteiger partial charge in [-0.1, -0.05) is 18.2 Å². The van der Waals surface area contributed by atoms with Gasteiger partial charge >= 0.3 is 0 Å². The fourth-order valence-electron chi connectivity index (χ4n) is 2.43. The van der Waals surface area contributed by atoms with E-state index in [-0.39, 0.29) is 17.9 Å². The standard InChI is InChI=1S/C16H15N3O2/c20-15-10-13(11-19(15)14-4-2-1-3-5-14)18-16(21)12-6-8-17-9-7-12/h1-9,13H,10-11H2,(H,18,21). The lowest BCUT2D eigenvalue weighted by atomic mass is 10.2. The summed E-state index contributed by atoms with van der Waals surface area (Å²) < 4.78 is 0. The smallest absolute Gasteiger partial charge is 0.251 e. The van der Waals surface area contributed by atoms with E-state index in [1.54, 1.807) is 29.4 Å². The van der Waals surface area contributed by atoms with Crippen molar-refractivity contribution in [3.63, 3.8) is 0 Å². The molecule has 3 rings (SSSR count). The van der Waals surface area contributed by atoms with Gasteiger partial charge in [0.05, 0.1) is 6.04 Å². The molecule has 1 aromatic carbocycles. The number of carbonyl (C=O) groups excluding carboxylic acids is 2. The van der Waals surface area contributed by atoms with Gasteiger partial charge in [-0.15, -0.1) is 0 Å². The summed E-state index contributed by atoms with van der Waals surface area (Å²) in [6.07, 6.45) is 3.47. The first-order chi connectivity index (χ1) is 10.2. The highest BCUT2D eigenvalue weighted by Crippen LogP contribution is 2.21. The van der Waals surface area contributed by atoms with Crippen LogP contribution in [0.1, 0.15) is 16.8 Å². The zero-order valence-corrected chi connectivity index (χ0v) is 11.4. The minimum atomic E-state index is -0.176. The molecule has 1 saturated heterocycles. The van der Waals surface area contributed by atoms with E-state index in [0.717, 1.165) is 5.69 Å². The third-order valence-corrected chi connectivity index (χ3v) is 3.47. The summed E-state index contributed by atoms with van der Waals surface area (Å²) in [4.78, 5) is 29.7. The molecule has 1 unspecified atom stereocenters. The summed E-state index contributed by atoms with van der Waals surface area (Å²) in [6.45, 7) is 0.500. The lowest BCUT2D eigenvalue weighted by Crippen LogP contribution is -2.37. The van der Waals surface area contributed by atoms with Crippen molar-refractivity contribution in [1.29, 1.82) is 0 Å². The van der Waals surface area contributed by atoms with Crippen LogP contribution in [0.4, 0.5) is 5.69 Å². The van der Waals surface area contributed by atoms with E-state index in [0.29, 0.717) is 18.5 Å². The van der Waals surface area contributed by atoms with E-state index >= 15 is 0 Å². The zero-order valence-electron chi connectivity index (χ0n) is 11.4. The molecule has 1 atom stereocenters. The van der Waals surface area contributed by atoms with E-state index < -0.39 is 0 Å². The number of carbonyl (C=O) groups is 2. The molecule has 0 spiro atoms. The zero-order chi connectivity index (χ0) is 14.7. The number of benzene rings is 1. The Balaban J connectivity index is 1.67. The summed E-state index contributed by atoms with van der Waals surface area (Å²) in [5.74, 6) is -0.147. The molecular formula is C16H15N3O2. The Hall–Kier alpha value is -2.69. The van der Waals surface area contributed by atoms with Crippen molar-refractivity contribution in [2.45, 2.75) is 12.5 Å². The van der Waals surface area contributed by atoms with Gasteiger partial charge in [-0.25, -0.2) is 0 Å². The van der Waals surface area contributed by atoms with Crippen molar-refractivity contribution in [1.82, 2.24) is 10.3 Å². The molecule has 5 heteroatoms. The van der Waals surface area contributed by atoms with Gasteiger partial charge in [-0.2, -0.15) is 0 Å². The molecular weight excluding hydrogens is 266 g/mol. The van der Waals surface area contributed by atoms with Gasteiger partial charge in [0.25, 0.3) is 5.91 Å². The van der Waals surface area contributed by atoms with Crippen LogP contribution in [0.5, 0.6) is 0 Å². The van der Waals surface area contributed by atoms with Gasteiger partial charge in [-0.05, 0) is 24.3 Å². The maximum atomic E-state index is 12.1. The molecule has 0 aliphatic carbocycles. The first kappa shape index (κ1) is 13.3. The largest absolute Gasteiger partial charge is 0.347 e. The van der Waals surface area contributed by atoms with Gasteiger partial charge in [-0.3, -0.25) is 14.6 Å². The quantitative estimate of drug-likeness (QED) is 0.930. The minimum Gasteiger partial charge on any atom is -0.347 e. The highest BCUT2D eigenvalue weighted by molar-refractivity contribution is 5.98.